The van der Waals surface area contributed by atoms with Gasteiger partial charge in [-0.25, -0.2) is 0 Å². The van der Waals surface area contributed by atoms with Crippen molar-refractivity contribution in [2.75, 3.05) is 0 Å². The SMILES string of the molecule is CCC(C)n1ccc(CC(O)c2ccc(C3CC3)cc2)n1. The fourth-order valence-corrected chi connectivity index (χ4v) is 2.64. The number of nitrogens with zero attached hydrogens (tertiary/aromatic N) is 2. The number of aliphatic hydroxyl groups excluding tert-OH is 1. The van der Waals surface area contributed by atoms with E-state index in [0.29, 0.717) is 12.5 Å². The summed E-state index contributed by atoms with van der Waals surface area (Å²) in [4.78, 5) is 0. The van der Waals surface area contributed by atoms with E-state index in [4.69, 9.17) is 0 Å². The van der Waals surface area contributed by atoms with Crippen LogP contribution in [0.2, 0.25) is 0 Å². The summed E-state index contributed by atoms with van der Waals surface area (Å²) < 4.78 is 1.98. The molecule has 1 heterocycles. The van der Waals surface area contributed by atoms with Crippen LogP contribution in [0.1, 0.15) is 68.0 Å². The number of hydrogen-bond donors (Lipinski definition) is 1. The van der Waals surface area contributed by atoms with E-state index in [1.165, 1.54) is 18.4 Å². The van der Waals surface area contributed by atoms with Crippen molar-refractivity contribution < 1.29 is 5.11 Å². The molecule has 3 heteroatoms. The Balaban J connectivity index is 1.64. The third-order valence-electron chi connectivity index (χ3n) is 4.48. The van der Waals surface area contributed by atoms with Crippen LogP contribution < -0.4 is 0 Å². The number of hydrogen-bond acceptors (Lipinski definition) is 2. The fraction of sp³-hybridized carbons (Fsp3) is 0.500. The van der Waals surface area contributed by atoms with E-state index in [2.05, 4.69) is 43.2 Å². The van der Waals surface area contributed by atoms with Gasteiger partial charge in [0.1, 0.15) is 0 Å². The lowest BCUT2D eigenvalue weighted by molar-refractivity contribution is 0.177. The maximum Gasteiger partial charge on any atom is 0.0846 e. The molecule has 0 saturated heterocycles. The zero-order chi connectivity index (χ0) is 14.8. The molecular formula is C18H24N2O. The van der Waals surface area contributed by atoms with Gasteiger partial charge in [0.2, 0.25) is 0 Å². The molecule has 1 aromatic carbocycles. The van der Waals surface area contributed by atoms with Crippen LogP contribution in [0.4, 0.5) is 0 Å². The van der Waals surface area contributed by atoms with Gasteiger partial charge in [-0.3, -0.25) is 4.68 Å². The molecule has 1 aliphatic rings. The van der Waals surface area contributed by atoms with Crippen LogP contribution in [0, 0.1) is 0 Å². The van der Waals surface area contributed by atoms with Gasteiger partial charge in [0.15, 0.2) is 0 Å². The average molecular weight is 284 g/mol. The van der Waals surface area contributed by atoms with Crippen LogP contribution in [0.3, 0.4) is 0 Å². The van der Waals surface area contributed by atoms with E-state index in [1.54, 1.807) is 0 Å². The van der Waals surface area contributed by atoms with E-state index in [-0.39, 0.29) is 0 Å². The summed E-state index contributed by atoms with van der Waals surface area (Å²) in [5.74, 6) is 0.766. The highest BCUT2D eigenvalue weighted by atomic mass is 16.3. The van der Waals surface area contributed by atoms with E-state index >= 15 is 0 Å². The summed E-state index contributed by atoms with van der Waals surface area (Å²) in [6.07, 6.45) is 5.80. The molecule has 1 N–H and O–H groups in total. The molecule has 0 amide bonds. The van der Waals surface area contributed by atoms with Crippen molar-refractivity contribution >= 4 is 0 Å². The van der Waals surface area contributed by atoms with Crippen molar-refractivity contribution in [3.63, 3.8) is 0 Å². The second-order valence-corrected chi connectivity index (χ2v) is 6.21. The first kappa shape index (κ1) is 14.3. The van der Waals surface area contributed by atoms with Crippen molar-refractivity contribution in [3.05, 3.63) is 53.3 Å². The molecule has 0 spiro atoms. The van der Waals surface area contributed by atoms with Crippen molar-refractivity contribution in [3.8, 4) is 0 Å². The van der Waals surface area contributed by atoms with Crippen molar-refractivity contribution in [2.24, 2.45) is 0 Å². The molecule has 0 aliphatic heterocycles. The summed E-state index contributed by atoms with van der Waals surface area (Å²) in [5.41, 5.74) is 3.35. The predicted molar refractivity (Wildman–Crippen MR) is 84.3 cm³/mol. The summed E-state index contributed by atoms with van der Waals surface area (Å²) in [7, 11) is 0. The largest absolute Gasteiger partial charge is 0.388 e. The maximum atomic E-state index is 10.4. The normalized spacial score (nSPS) is 17.7. The number of rotatable bonds is 6. The van der Waals surface area contributed by atoms with Crippen molar-refractivity contribution in [1.29, 1.82) is 0 Å². The summed E-state index contributed by atoms with van der Waals surface area (Å²) in [5, 5.41) is 14.9. The molecule has 1 fully saturated rings. The third-order valence-corrected chi connectivity index (χ3v) is 4.48. The average Bonchev–Trinajstić information content (AvgIpc) is 3.26. The van der Waals surface area contributed by atoms with Gasteiger partial charge >= 0.3 is 0 Å². The third kappa shape index (κ3) is 3.35. The lowest BCUT2D eigenvalue weighted by Gasteiger charge is -2.11. The Labute approximate surface area is 126 Å². The Bertz CT molecular complexity index is 584. The van der Waals surface area contributed by atoms with Crippen LogP contribution >= 0.6 is 0 Å². The summed E-state index contributed by atoms with van der Waals surface area (Å²) in [6, 6.07) is 10.9. The van der Waals surface area contributed by atoms with Gasteiger partial charge in [-0.05, 0) is 49.3 Å². The van der Waals surface area contributed by atoms with Gasteiger partial charge in [-0.1, -0.05) is 31.2 Å². The second-order valence-electron chi connectivity index (χ2n) is 6.21. The first-order valence-electron chi connectivity index (χ1n) is 7.99. The van der Waals surface area contributed by atoms with Gasteiger partial charge in [-0.15, -0.1) is 0 Å². The molecule has 2 unspecified atom stereocenters. The molecule has 1 aromatic heterocycles. The Morgan fingerprint density at radius 3 is 2.57 bits per heavy atom. The molecule has 3 rings (SSSR count). The van der Waals surface area contributed by atoms with Crippen LogP contribution in [0.5, 0.6) is 0 Å². The zero-order valence-corrected chi connectivity index (χ0v) is 12.9. The minimum absolute atomic E-state index is 0.411. The van der Waals surface area contributed by atoms with Gasteiger partial charge in [0.25, 0.3) is 0 Å². The highest BCUT2D eigenvalue weighted by Gasteiger charge is 2.23. The van der Waals surface area contributed by atoms with E-state index in [9.17, 15) is 5.11 Å². The summed E-state index contributed by atoms with van der Waals surface area (Å²) in [6.45, 7) is 4.31. The van der Waals surface area contributed by atoms with Crippen molar-refractivity contribution in [1.82, 2.24) is 9.78 Å². The highest BCUT2D eigenvalue weighted by molar-refractivity contribution is 5.29. The van der Waals surface area contributed by atoms with E-state index in [0.717, 1.165) is 23.6 Å². The van der Waals surface area contributed by atoms with Crippen molar-refractivity contribution in [2.45, 2.75) is 57.6 Å². The Morgan fingerprint density at radius 1 is 1.24 bits per heavy atom. The first-order valence-corrected chi connectivity index (χ1v) is 7.99. The zero-order valence-electron chi connectivity index (χ0n) is 12.9. The lowest BCUT2D eigenvalue weighted by Crippen LogP contribution is -2.07. The fourth-order valence-electron chi connectivity index (χ4n) is 2.64. The van der Waals surface area contributed by atoms with Crippen LogP contribution in [-0.2, 0) is 6.42 Å². The quantitative estimate of drug-likeness (QED) is 0.870. The van der Waals surface area contributed by atoms with E-state index in [1.807, 2.05) is 16.9 Å². The molecule has 0 radical (unpaired) electrons. The number of aliphatic hydroxyl groups is 1. The molecule has 2 atom stereocenters. The Hall–Kier alpha value is -1.61. The smallest absolute Gasteiger partial charge is 0.0846 e. The van der Waals surface area contributed by atoms with Crippen LogP contribution in [-0.4, -0.2) is 14.9 Å². The van der Waals surface area contributed by atoms with E-state index < -0.39 is 6.10 Å². The second kappa shape index (κ2) is 6.02. The molecule has 0 bridgehead atoms. The van der Waals surface area contributed by atoms with Gasteiger partial charge < -0.3 is 5.11 Å². The summed E-state index contributed by atoms with van der Waals surface area (Å²) >= 11 is 0. The minimum atomic E-state index is -0.474. The minimum Gasteiger partial charge on any atom is -0.388 e. The van der Waals surface area contributed by atoms with Gasteiger partial charge in [0, 0.05) is 18.7 Å². The van der Waals surface area contributed by atoms with Gasteiger partial charge in [-0.2, -0.15) is 5.10 Å². The first-order chi connectivity index (χ1) is 10.2. The van der Waals surface area contributed by atoms with Crippen LogP contribution in [0.25, 0.3) is 0 Å². The molecule has 1 aliphatic carbocycles. The molecule has 2 aromatic rings. The number of aromatic nitrogens is 2. The maximum absolute atomic E-state index is 10.4. The molecule has 1 saturated carbocycles. The standard InChI is InChI=1S/C18H24N2O/c1-3-13(2)20-11-10-17(19-20)12-18(21)16-8-6-15(7-9-16)14-4-5-14/h6-11,13-14,18,21H,3-5,12H2,1-2H3. The molecule has 21 heavy (non-hydrogen) atoms. The Kier molecular flexibility index (Phi) is 4.11. The lowest BCUT2D eigenvalue weighted by atomic mass is 10.0. The molecular weight excluding hydrogens is 260 g/mol. The monoisotopic (exact) mass is 284 g/mol. The van der Waals surface area contributed by atoms with Crippen LogP contribution in [0.15, 0.2) is 36.5 Å². The Morgan fingerprint density at radius 2 is 1.95 bits per heavy atom. The number of benzene rings is 1. The van der Waals surface area contributed by atoms with Gasteiger partial charge in [0.05, 0.1) is 11.8 Å². The molecule has 3 nitrogen and oxygen atoms in total. The predicted octanol–water partition coefficient (Wildman–Crippen LogP) is 4.01. The topological polar surface area (TPSA) is 38.0 Å². The highest BCUT2D eigenvalue weighted by Crippen LogP contribution is 2.40. The molecule has 112 valence electrons.